The lowest BCUT2D eigenvalue weighted by Gasteiger charge is -2.22. The van der Waals surface area contributed by atoms with Crippen LogP contribution in [0.3, 0.4) is 0 Å². The SMILES string of the molecule is Cc1cc(CNCC(C)(C)S(C)(=O)=O)c(C)n1C. The van der Waals surface area contributed by atoms with Crippen LogP contribution in [0.15, 0.2) is 6.07 Å². The van der Waals surface area contributed by atoms with Gasteiger partial charge in [0.1, 0.15) is 0 Å². The third-order valence-corrected chi connectivity index (χ3v) is 5.90. The van der Waals surface area contributed by atoms with Crippen molar-refractivity contribution in [3.63, 3.8) is 0 Å². The second-order valence-electron chi connectivity index (χ2n) is 5.59. The van der Waals surface area contributed by atoms with E-state index in [0.717, 1.165) is 0 Å². The van der Waals surface area contributed by atoms with Crippen molar-refractivity contribution in [3.05, 3.63) is 23.0 Å². The van der Waals surface area contributed by atoms with Crippen LogP contribution in [0.5, 0.6) is 0 Å². The van der Waals surface area contributed by atoms with Gasteiger partial charge < -0.3 is 9.88 Å². The molecule has 0 aliphatic carbocycles. The normalized spacial score (nSPS) is 13.0. The second kappa shape index (κ2) is 5.05. The minimum Gasteiger partial charge on any atom is -0.352 e. The molecule has 1 N–H and O–H groups in total. The van der Waals surface area contributed by atoms with Crippen molar-refractivity contribution in [1.82, 2.24) is 9.88 Å². The monoisotopic (exact) mass is 272 g/mol. The molecule has 0 fully saturated rings. The summed E-state index contributed by atoms with van der Waals surface area (Å²) in [5, 5.41) is 3.24. The molecule has 1 rings (SSSR count). The van der Waals surface area contributed by atoms with Gasteiger partial charge in [-0.05, 0) is 39.3 Å². The summed E-state index contributed by atoms with van der Waals surface area (Å²) < 4.78 is 24.6. The van der Waals surface area contributed by atoms with Gasteiger partial charge in [0.2, 0.25) is 0 Å². The predicted molar refractivity (Wildman–Crippen MR) is 75.5 cm³/mol. The van der Waals surface area contributed by atoms with Crippen LogP contribution in [0.1, 0.15) is 30.8 Å². The highest BCUT2D eigenvalue weighted by molar-refractivity contribution is 7.92. The minimum absolute atomic E-state index is 0.458. The number of nitrogens with zero attached hydrogens (tertiary/aromatic N) is 1. The first-order valence-corrected chi connectivity index (χ1v) is 7.97. The summed E-state index contributed by atoms with van der Waals surface area (Å²) in [5.41, 5.74) is 3.66. The molecule has 18 heavy (non-hydrogen) atoms. The summed E-state index contributed by atoms with van der Waals surface area (Å²) in [5.74, 6) is 0. The molecule has 1 aromatic heterocycles. The molecule has 0 saturated heterocycles. The van der Waals surface area contributed by atoms with Gasteiger partial charge >= 0.3 is 0 Å². The van der Waals surface area contributed by atoms with Crippen LogP contribution in [-0.2, 0) is 23.4 Å². The van der Waals surface area contributed by atoms with Crippen molar-refractivity contribution >= 4 is 9.84 Å². The van der Waals surface area contributed by atoms with Gasteiger partial charge in [-0.1, -0.05) is 0 Å². The standard InChI is InChI=1S/C13H24N2O2S/c1-10-7-12(11(2)15(10)5)8-14-9-13(3,4)18(6,16)17/h7,14H,8-9H2,1-6H3. The van der Waals surface area contributed by atoms with E-state index in [2.05, 4.69) is 29.8 Å². The van der Waals surface area contributed by atoms with Gasteiger partial charge in [-0.15, -0.1) is 0 Å². The predicted octanol–water partition coefficient (Wildman–Crippen LogP) is 1.55. The molecule has 0 bridgehead atoms. The Morgan fingerprint density at radius 2 is 1.89 bits per heavy atom. The quantitative estimate of drug-likeness (QED) is 0.885. The largest absolute Gasteiger partial charge is 0.352 e. The highest BCUT2D eigenvalue weighted by Gasteiger charge is 2.29. The van der Waals surface area contributed by atoms with Crippen molar-refractivity contribution in [3.8, 4) is 0 Å². The van der Waals surface area contributed by atoms with E-state index in [-0.39, 0.29) is 0 Å². The Kier molecular flexibility index (Phi) is 4.28. The minimum atomic E-state index is -3.04. The van der Waals surface area contributed by atoms with Crippen LogP contribution >= 0.6 is 0 Å². The fraction of sp³-hybridized carbons (Fsp3) is 0.692. The molecular formula is C13H24N2O2S. The Morgan fingerprint density at radius 1 is 1.33 bits per heavy atom. The van der Waals surface area contributed by atoms with E-state index in [0.29, 0.717) is 13.1 Å². The summed E-state index contributed by atoms with van der Waals surface area (Å²) in [6.07, 6.45) is 1.28. The van der Waals surface area contributed by atoms with Gasteiger partial charge in [0.25, 0.3) is 0 Å². The molecule has 0 radical (unpaired) electrons. The molecular weight excluding hydrogens is 248 g/mol. The first-order valence-electron chi connectivity index (χ1n) is 6.08. The number of aromatic nitrogens is 1. The Morgan fingerprint density at radius 3 is 2.28 bits per heavy atom. The van der Waals surface area contributed by atoms with E-state index < -0.39 is 14.6 Å². The van der Waals surface area contributed by atoms with E-state index in [9.17, 15) is 8.42 Å². The van der Waals surface area contributed by atoms with Crippen LogP contribution in [0.25, 0.3) is 0 Å². The summed E-state index contributed by atoms with van der Waals surface area (Å²) in [4.78, 5) is 0. The Hall–Kier alpha value is -0.810. The van der Waals surface area contributed by atoms with Crippen molar-refractivity contribution in [2.75, 3.05) is 12.8 Å². The molecule has 0 amide bonds. The zero-order valence-corrected chi connectivity index (χ0v) is 13.0. The maximum Gasteiger partial charge on any atom is 0.153 e. The van der Waals surface area contributed by atoms with E-state index in [1.54, 1.807) is 13.8 Å². The van der Waals surface area contributed by atoms with E-state index in [1.165, 1.54) is 23.2 Å². The lowest BCUT2D eigenvalue weighted by molar-refractivity contribution is 0.521. The third kappa shape index (κ3) is 3.14. The number of hydrogen-bond donors (Lipinski definition) is 1. The van der Waals surface area contributed by atoms with Crippen molar-refractivity contribution < 1.29 is 8.42 Å². The summed E-state index contributed by atoms with van der Waals surface area (Å²) in [6.45, 7) is 8.80. The molecule has 0 aliphatic rings. The number of aryl methyl sites for hydroxylation is 1. The maximum atomic E-state index is 11.6. The second-order valence-corrected chi connectivity index (χ2v) is 8.24. The van der Waals surface area contributed by atoms with Gasteiger partial charge in [-0.25, -0.2) is 8.42 Å². The Labute approximate surface area is 110 Å². The zero-order valence-electron chi connectivity index (χ0n) is 12.2. The number of hydrogen-bond acceptors (Lipinski definition) is 3. The maximum absolute atomic E-state index is 11.6. The summed E-state index contributed by atoms with van der Waals surface area (Å²) >= 11 is 0. The van der Waals surface area contributed by atoms with Gasteiger partial charge in [-0.3, -0.25) is 0 Å². The highest BCUT2D eigenvalue weighted by atomic mass is 32.2. The van der Waals surface area contributed by atoms with E-state index in [1.807, 2.05) is 7.05 Å². The Balaban J connectivity index is 2.65. The molecule has 0 saturated carbocycles. The highest BCUT2D eigenvalue weighted by Crippen LogP contribution is 2.15. The zero-order chi connectivity index (χ0) is 14.1. The molecule has 4 nitrogen and oxygen atoms in total. The molecule has 5 heteroatoms. The topological polar surface area (TPSA) is 51.1 Å². The fourth-order valence-corrected chi connectivity index (χ4v) is 2.11. The van der Waals surface area contributed by atoms with Crippen molar-refractivity contribution in [1.29, 1.82) is 0 Å². The van der Waals surface area contributed by atoms with Crippen LogP contribution in [0.4, 0.5) is 0 Å². The number of nitrogens with one attached hydrogen (secondary N) is 1. The van der Waals surface area contributed by atoms with Gasteiger partial charge in [-0.2, -0.15) is 0 Å². The lowest BCUT2D eigenvalue weighted by atomic mass is 10.2. The molecule has 0 unspecified atom stereocenters. The summed E-state index contributed by atoms with van der Waals surface area (Å²) in [7, 11) is -1.00. The average Bonchev–Trinajstić information content (AvgIpc) is 2.44. The van der Waals surface area contributed by atoms with Gasteiger partial charge in [0, 0.05) is 37.8 Å². The molecule has 1 heterocycles. The van der Waals surface area contributed by atoms with Crippen LogP contribution in [-0.4, -0.2) is 30.5 Å². The fourth-order valence-electron chi connectivity index (χ4n) is 1.74. The van der Waals surface area contributed by atoms with Crippen LogP contribution < -0.4 is 5.32 Å². The Bertz CT molecular complexity index is 527. The average molecular weight is 272 g/mol. The molecule has 0 aromatic carbocycles. The molecule has 1 aromatic rings. The number of rotatable bonds is 5. The van der Waals surface area contributed by atoms with Gasteiger partial charge in [0.15, 0.2) is 9.84 Å². The summed E-state index contributed by atoms with van der Waals surface area (Å²) in [6, 6.07) is 2.13. The van der Waals surface area contributed by atoms with Crippen molar-refractivity contribution in [2.45, 2.75) is 39.0 Å². The van der Waals surface area contributed by atoms with Gasteiger partial charge in [0.05, 0.1) is 4.75 Å². The molecule has 0 atom stereocenters. The smallest absolute Gasteiger partial charge is 0.153 e. The molecule has 104 valence electrons. The number of sulfone groups is 1. The van der Waals surface area contributed by atoms with E-state index >= 15 is 0 Å². The lowest BCUT2D eigenvalue weighted by Crippen LogP contribution is -2.41. The van der Waals surface area contributed by atoms with E-state index in [4.69, 9.17) is 0 Å². The molecule has 0 spiro atoms. The van der Waals surface area contributed by atoms with Crippen LogP contribution in [0, 0.1) is 13.8 Å². The van der Waals surface area contributed by atoms with Crippen LogP contribution in [0.2, 0.25) is 0 Å². The third-order valence-electron chi connectivity index (χ3n) is 3.75. The first kappa shape index (κ1) is 15.2. The molecule has 0 aliphatic heterocycles. The first-order chi connectivity index (χ1) is 8.06. The van der Waals surface area contributed by atoms with Crippen molar-refractivity contribution in [2.24, 2.45) is 7.05 Å².